The lowest BCUT2D eigenvalue weighted by atomic mass is 10.0. The Morgan fingerprint density at radius 2 is 2.08 bits per heavy atom. The molecule has 0 bridgehead atoms. The minimum atomic E-state index is -0.213. The highest BCUT2D eigenvalue weighted by Crippen LogP contribution is 2.26. The number of carbonyl (C=O) groups is 1. The third kappa shape index (κ3) is 4.99. The number of rotatable bonds is 6. The molecule has 0 aliphatic carbocycles. The van der Waals surface area contributed by atoms with Gasteiger partial charge in [0, 0.05) is 37.9 Å². The van der Waals surface area contributed by atoms with Crippen LogP contribution in [0, 0.1) is 18.3 Å². The van der Waals surface area contributed by atoms with Crippen molar-refractivity contribution in [1.29, 1.82) is 5.26 Å². The van der Waals surface area contributed by atoms with Crippen LogP contribution in [0.3, 0.4) is 0 Å². The van der Waals surface area contributed by atoms with E-state index in [1.165, 1.54) is 6.20 Å². The number of hydrogen-bond donors (Lipinski definition) is 1. The van der Waals surface area contributed by atoms with Gasteiger partial charge in [0.2, 0.25) is 0 Å². The number of carbonyl (C=O) groups excluding carboxylic acids is 1. The Labute approximate surface area is 156 Å². The van der Waals surface area contributed by atoms with Gasteiger partial charge < -0.3 is 19.9 Å². The topological polar surface area (TPSA) is 68.6 Å². The van der Waals surface area contributed by atoms with E-state index < -0.39 is 0 Å². The SMILES string of the molecule is CCOc1ccc(C)cc1C(C)N/C=C(/C#N)C(=O)N1CCN(C)CC1. The average molecular weight is 356 g/mol. The molecule has 1 heterocycles. The normalized spacial score (nSPS) is 16.7. The van der Waals surface area contributed by atoms with Gasteiger partial charge >= 0.3 is 0 Å². The zero-order chi connectivity index (χ0) is 19.1. The fraction of sp³-hybridized carbons (Fsp3) is 0.500. The van der Waals surface area contributed by atoms with E-state index >= 15 is 0 Å². The van der Waals surface area contributed by atoms with Crippen molar-refractivity contribution >= 4 is 5.91 Å². The minimum Gasteiger partial charge on any atom is -0.494 e. The molecule has 2 rings (SSSR count). The van der Waals surface area contributed by atoms with E-state index in [-0.39, 0.29) is 17.5 Å². The number of benzene rings is 1. The number of ether oxygens (including phenoxy) is 1. The van der Waals surface area contributed by atoms with Gasteiger partial charge in [-0.3, -0.25) is 4.79 Å². The highest BCUT2D eigenvalue weighted by atomic mass is 16.5. The van der Waals surface area contributed by atoms with Crippen LogP contribution in [0.25, 0.3) is 0 Å². The van der Waals surface area contributed by atoms with Crippen LogP contribution in [-0.2, 0) is 4.79 Å². The van der Waals surface area contributed by atoms with Crippen LogP contribution in [0.1, 0.15) is 31.0 Å². The van der Waals surface area contributed by atoms with Crippen LogP contribution in [0.2, 0.25) is 0 Å². The summed E-state index contributed by atoms with van der Waals surface area (Å²) in [7, 11) is 2.03. The van der Waals surface area contributed by atoms with E-state index in [0.29, 0.717) is 19.7 Å². The fourth-order valence-corrected chi connectivity index (χ4v) is 2.91. The summed E-state index contributed by atoms with van der Waals surface area (Å²) in [6.45, 7) is 9.51. The molecule has 0 spiro atoms. The summed E-state index contributed by atoms with van der Waals surface area (Å²) >= 11 is 0. The van der Waals surface area contributed by atoms with Crippen molar-refractivity contribution in [1.82, 2.24) is 15.1 Å². The van der Waals surface area contributed by atoms with Gasteiger partial charge in [-0.1, -0.05) is 17.7 Å². The van der Waals surface area contributed by atoms with Crippen molar-refractivity contribution in [2.75, 3.05) is 39.8 Å². The number of nitrogens with zero attached hydrogens (tertiary/aromatic N) is 3. The van der Waals surface area contributed by atoms with Crippen molar-refractivity contribution in [3.63, 3.8) is 0 Å². The molecule has 0 radical (unpaired) electrons. The second kappa shape index (κ2) is 9.25. The van der Waals surface area contributed by atoms with Crippen molar-refractivity contribution < 1.29 is 9.53 Å². The second-order valence-corrected chi connectivity index (χ2v) is 6.63. The molecule has 1 atom stereocenters. The number of piperazine rings is 1. The standard InChI is InChI=1S/C20H28N4O2/c1-5-26-19-7-6-15(2)12-18(19)16(3)22-14-17(13-21)20(25)24-10-8-23(4)9-11-24/h6-7,12,14,16,22H,5,8-11H2,1-4H3/b17-14-. The molecule has 0 saturated carbocycles. The first-order chi connectivity index (χ1) is 12.5. The number of likely N-dealkylation sites (N-methyl/N-ethyl adjacent to an activating group) is 1. The van der Waals surface area contributed by atoms with Gasteiger partial charge in [0.15, 0.2) is 0 Å². The Morgan fingerprint density at radius 1 is 1.38 bits per heavy atom. The van der Waals surface area contributed by atoms with Gasteiger partial charge in [-0.25, -0.2) is 0 Å². The largest absolute Gasteiger partial charge is 0.494 e. The molecule has 6 heteroatoms. The molecular weight excluding hydrogens is 328 g/mol. The molecule has 6 nitrogen and oxygen atoms in total. The maximum atomic E-state index is 12.6. The Kier molecular flexibility index (Phi) is 7.05. The molecular formula is C20H28N4O2. The number of aryl methyl sites for hydroxylation is 1. The summed E-state index contributed by atoms with van der Waals surface area (Å²) < 4.78 is 5.69. The van der Waals surface area contributed by atoms with E-state index in [1.807, 2.05) is 46.0 Å². The molecule has 1 aliphatic heterocycles. The monoisotopic (exact) mass is 356 g/mol. The number of nitrogens with one attached hydrogen (secondary N) is 1. The van der Waals surface area contributed by atoms with Gasteiger partial charge in [0.1, 0.15) is 17.4 Å². The first-order valence-electron chi connectivity index (χ1n) is 9.03. The Balaban J connectivity index is 2.10. The van der Waals surface area contributed by atoms with Crippen molar-refractivity contribution in [2.24, 2.45) is 0 Å². The van der Waals surface area contributed by atoms with Crippen LogP contribution in [0.4, 0.5) is 0 Å². The van der Waals surface area contributed by atoms with E-state index in [2.05, 4.69) is 16.3 Å². The van der Waals surface area contributed by atoms with Crippen LogP contribution >= 0.6 is 0 Å². The third-order valence-electron chi connectivity index (χ3n) is 4.55. The quantitative estimate of drug-likeness (QED) is 0.625. The van der Waals surface area contributed by atoms with E-state index in [9.17, 15) is 10.1 Å². The van der Waals surface area contributed by atoms with E-state index in [0.717, 1.165) is 30.0 Å². The van der Waals surface area contributed by atoms with Crippen LogP contribution in [-0.4, -0.2) is 55.5 Å². The number of nitriles is 1. The van der Waals surface area contributed by atoms with Crippen LogP contribution < -0.4 is 10.1 Å². The highest BCUT2D eigenvalue weighted by molar-refractivity contribution is 5.97. The Morgan fingerprint density at radius 3 is 2.69 bits per heavy atom. The first-order valence-corrected chi connectivity index (χ1v) is 9.03. The molecule has 26 heavy (non-hydrogen) atoms. The van der Waals surface area contributed by atoms with Crippen molar-refractivity contribution in [3.8, 4) is 11.8 Å². The minimum absolute atomic E-state index is 0.0833. The van der Waals surface area contributed by atoms with E-state index in [1.54, 1.807) is 4.90 Å². The van der Waals surface area contributed by atoms with Crippen LogP contribution in [0.15, 0.2) is 30.0 Å². The lowest BCUT2D eigenvalue weighted by molar-refractivity contribution is -0.128. The van der Waals surface area contributed by atoms with Gasteiger partial charge in [0.25, 0.3) is 5.91 Å². The maximum absolute atomic E-state index is 12.6. The molecule has 1 aromatic rings. The molecule has 0 aromatic heterocycles. The van der Waals surface area contributed by atoms with Crippen molar-refractivity contribution in [3.05, 3.63) is 41.1 Å². The molecule has 1 saturated heterocycles. The summed E-state index contributed by atoms with van der Waals surface area (Å²) in [6, 6.07) is 7.97. The summed E-state index contributed by atoms with van der Waals surface area (Å²) in [5.74, 6) is 0.602. The molecule has 1 aromatic carbocycles. The Hall–Kier alpha value is -2.52. The smallest absolute Gasteiger partial charge is 0.266 e. The lowest BCUT2D eigenvalue weighted by Gasteiger charge is -2.32. The summed E-state index contributed by atoms with van der Waals surface area (Å²) in [6.07, 6.45) is 1.53. The zero-order valence-corrected chi connectivity index (χ0v) is 16.1. The zero-order valence-electron chi connectivity index (χ0n) is 16.1. The van der Waals surface area contributed by atoms with Crippen molar-refractivity contribution in [2.45, 2.75) is 26.8 Å². The second-order valence-electron chi connectivity index (χ2n) is 6.63. The maximum Gasteiger partial charge on any atom is 0.266 e. The number of amides is 1. The van der Waals surface area contributed by atoms with Gasteiger partial charge in [-0.15, -0.1) is 0 Å². The Bertz CT molecular complexity index is 700. The fourth-order valence-electron chi connectivity index (χ4n) is 2.91. The first kappa shape index (κ1) is 19.8. The van der Waals surface area contributed by atoms with Gasteiger partial charge in [-0.05, 0) is 33.9 Å². The summed E-state index contributed by atoms with van der Waals surface area (Å²) in [5.41, 5.74) is 2.27. The molecule has 1 aliphatic rings. The third-order valence-corrected chi connectivity index (χ3v) is 4.55. The predicted octanol–water partition coefficient (Wildman–Crippen LogP) is 2.23. The summed E-state index contributed by atoms with van der Waals surface area (Å²) in [4.78, 5) is 16.5. The molecule has 1 unspecified atom stereocenters. The lowest BCUT2D eigenvalue weighted by Crippen LogP contribution is -2.47. The predicted molar refractivity (Wildman–Crippen MR) is 102 cm³/mol. The van der Waals surface area contributed by atoms with E-state index in [4.69, 9.17) is 4.74 Å². The molecule has 1 amide bonds. The summed E-state index contributed by atoms with van der Waals surface area (Å²) in [5, 5.41) is 12.6. The highest BCUT2D eigenvalue weighted by Gasteiger charge is 2.22. The van der Waals surface area contributed by atoms with Crippen LogP contribution in [0.5, 0.6) is 5.75 Å². The molecule has 1 fully saturated rings. The molecule has 140 valence electrons. The van der Waals surface area contributed by atoms with Gasteiger partial charge in [0.05, 0.1) is 12.6 Å². The van der Waals surface area contributed by atoms with Gasteiger partial charge in [-0.2, -0.15) is 5.26 Å². The molecule has 1 N–H and O–H groups in total. The number of hydrogen-bond acceptors (Lipinski definition) is 5. The average Bonchev–Trinajstić information content (AvgIpc) is 2.64.